The first-order valence-corrected chi connectivity index (χ1v) is 14.9. The number of piperidine rings is 1. The number of hydrogen-bond acceptors (Lipinski definition) is 8. The number of anilines is 2. The van der Waals surface area contributed by atoms with Crippen LogP contribution >= 0.6 is 0 Å². The Kier molecular flexibility index (Phi) is 8.03. The van der Waals surface area contributed by atoms with Gasteiger partial charge in [-0.2, -0.15) is 0 Å². The zero-order valence-corrected chi connectivity index (χ0v) is 25.1. The molecule has 6 rings (SSSR count). The van der Waals surface area contributed by atoms with Crippen LogP contribution in [0.1, 0.15) is 41.6 Å². The smallest absolute Gasteiger partial charge is 0.293 e. The molecule has 1 aliphatic carbocycles. The number of ether oxygens (including phenoxy) is 2. The van der Waals surface area contributed by atoms with E-state index in [2.05, 4.69) is 27.6 Å². The van der Waals surface area contributed by atoms with Gasteiger partial charge in [-0.25, -0.2) is 9.97 Å². The highest BCUT2D eigenvalue weighted by Crippen LogP contribution is 2.38. The molecule has 2 aromatic carbocycles. The zero-order valence-electron chi connectivity index (χ0n) is 25.1. The molecule has 1 saturated carbocycles. The Morgan fingerprint density at radius 3 is 2.56 bits per heavy atom. The van der Waals surface area contributed by atoms with Gasteiger partial charge in [-0.05, 0) is 88.0 Å². The van der Waals surface area contributed by atoms with E-state index in [0.29, 0.717) is 57.8 Å². The molecule has 0 atom stereocenters. The summed E-state index contributed by atoms with van der Waals surface area (Å²) in [6.45, 7) is 4.46. The standard InChI is InChI=1S/C33H38N6O4/c1-20-7-5-6-8-24(20)28-29-26(39(3)32(41)30(28)43-19-21-9-10-21)18-34-33(37-29)36-25-12-11-22(17-27(25)42-4)31(40)35-23-13-15-38(2)16-14-23/h5-8,11-12,17-18,21,23H,9-10,13-16,19H2,1-4H3,(H,35,40)(H,34,36,37). The average Bonchev–Trinajstić information content (AvgIpc) is 3.85. The maximum absolute atomic E-state index is 13.5. The number of carbonyl (C=O) groups excluding carboxylic acids is 1. The van der Waals surface area contributed by atoms with Gasteiger partial charge in [0.2, 0.25) is 5.95 Å². The van der Waals surface area contributed by atoms with Crippen molar-refractivity contribution in [2.24, 2.45) is 13.0 Å². The number of methoxy groups -OCH3 is 1. The Bertz CT molecular complexity index is 1720. The van der Waals surface area contributed by atoms with Crippen molar-refractivity contribution in [2.45, 2.75) is 38.6 Å². The molecule has 0 radical (unpaired) electrons. The van der Waals surface area contributed by atoms with Gasteiger partial charge in [0, 0.05) is 18.7 Å². The highest BCUT2D eigenvalue weighted by molar-refractivity contribution is 5.97. The van der Waals surface area contributed by atoms with Crippen LogP contribution < -0.4 is 25.7 Å². The van der Waals surface area contributed by atoms with Gasteiger partial charge in [0.05, 0.1) is 36.7 Å². The van der Waals surface area contributed by atoms with E-state index in [1.54, 1.807) is 43.1 Å². The number of amides is 1. The monoisotopic (exact) mass is 582 g/mol. The van der Waals surface area contributed by atoms with Gasteiger partial charge < -0.3 is 29.6 Å². The lowest BCUT2D eigenvalue weighted by Gasteiger charge is -2.29. The molecular weight excluding hydrogens is 544 g/mol. The molecular formula is C33H38N6O4. The summed E-state index contributed by atoms with van der Waals surface area (Å²) in [6, 6.07) is 13.4. The number of rotatable bonds is 9. The fourth-order valence-electron chi connectivity index (χ4n) is 5.54. The summed E-state index contributed by atoms with van der Waals surface area (Å²) >= 11 is 0. The number of aryl methyl sites for hydroxylation is 2. The van der Waals surface area contributed by atoms with Crippen molar-refractivity contribution in [2.75, 3.05) is 39.2 Å². The molecule has 2 fully saturated rings. The van der Waals surface area contributed by atoms with Crippen molar-refractivity contribution in [1.29, 1.82) is 0 Å². The van der Waals surface area contributed by atoms with Crippen LogP contribution in [-0.4, -0.2) is 65.2 Å². The number of nitrogens with zero attached hydrogens (tertiary/aromatic N) is 4. The molecule has 2 aromatic heterocycles. The number of carbonyl (C=O) groups is 1. The highest BCUT2D eigenvalue weighted by atomic mass is 16.5. The molecule has 2 N–H and O–H groups in total. The minimum atomic E-state index is -0.216. The Morgan fingerprint density at radius 2 is 1.84 bits per heavy atom. The molecule has 1 amide bonds. The van der Waals surface area contributed by atoms with E-state index in [1.807, 2.05) is 31.2 Å². The molecule has 3 heterocycles. The SMILES string of the molecule is COc1cc(C(=O)NC2CCN(C)CC2)ccc1Nc1ncc2c(n1)c(-c1ccccc1C)c(OCC1CC1)c(=O)n2C. The summed E-state index contributed by atoms with van der Waals surface area (Å²) < 4.78 is 13.4. The third-order valence-electron chi connectivity index (χ3n) is 8.43. The summed E-state index contributed by atoms with van der Waals surface area (Å²) in [6.07, 6.45) is 5.74. The van der Waals surface area contributed by atoms with Gasteiger partial charge in [0.15, 0.2) is 5.75 Å². The molecule has 0 bridgehead atoms. The van der Waals surface area contributed by atoms with Crippen LogP contribution in [0.5, 0.6) is 11.5 Å². The highest BCUT2D eigenvalue weighted by Gasteiger charge is 2.26. The number of aromatic nitrogens is 3. The van der Waals surface area contributed by atoms with E-state index in [1.165, 1.54) is 0 Å². The van der Waals surface area contributed by atoms with E-state index < -0.39 is 0 Å². The first-order valence-electron chi connectivity index (χ1n) is 14.9. The number of benzene rings is 2. The molecule has 0 spiro atoms. The third-order valence-corrected chi connectivity index (χ3v) is 8.43. The van der Waals surface area contributed by atoms with E-state index in [9.17, 15) is 9.59 Å². The molecule has 10 nitrogen and oxygen atoms in total. The Morgan fingerprint density at radius 1 is 1.07 bits per heavy atom. The first-order chi connectivity index (χ1) is 20.8. The fourth-order valence-corrected chi connectivity index (χ4v) is 5.54. The van der Waals surface area contributed by atoms with Crippen LogP contribution in [0.25, 0.3) is 22.2 Å². The van der Waals surface area contributed by atoms with Crippen molar-refractivity contribution < 1.29 is 14.3 Å². The van der Waals surface area contributed by atoms with Crippen LogP contribution in [0.4, 0.5) is 11.6 Å². The van der Waals surface area contributed by atoms with E-state index >= 15 is 0 Å². The van der Waals surface area contributed by atoms with E-state index in [0.717, 1.165) is 49.9 Å². The lowest BCUT2D eigenvalue weighted by Crippen LogP contribution is -2.43. The number of pyridine rings is 1. The summed E-state index contributed by atoms with van der Waals surface area (Å²) in [5.41, 5.74) is 4.69. The van der Waals surface area contributed by atoms with Crippen LogP contribution in [0.2, 0.25) is 0 Å². The number of likely N-dealkylation sites (tertiary alicyclic amines) is 1. The first kappa shape index (κ1) is 28.7. The molecule has 224 valence electrons. The van der Waals surface area contributed by atoms with Crippen molar-refractivity contribution in [3.8, 4) is 22.6 Å². The molecule has 43 heavy (non-hydrogen) atoms. The molecule has 10 heteroatoms. The number of hydrogen-bond donors (Lipinski definition) is 2. The Labute approximate surface area is 251 Å². The molecule has 0 unspecified atom stereocenters. The van der Waals surface area contributed by atoms with Gasteiger partial charge in [0.25, 0.3) is 11.5 Å². The molecule has 2 aliphatic rings. The van der Waals surface area contributed by atoms with Crippen molar-refractivity contribution >= 4 is 28.6 Å². The van der Waals surface area contributed by atoms with E-state index in [4.69, 9.17) is 14.5 Å². The number of nitrogens with one attached hydrogen (secondary N) is 2. The molecule has 4 aromatic rings. The summed E-state index contributed by atoms with van der Waals surface area (Å²) in [5, 5.41) is 6.42. The van der Waals surface area contributed by atoms with Crippen LogP contribution in [0.3, 0.4) is 0 Å². The van der Waals surface area contributed by atoms with Crippen molar-refractivity contribution in [1.82, 2.24) is 24.8 Å². The second kappa shape index (κ2) is 12.0. The Balaban J connectivity index is 1.34. The third kappa shape index (κ3) is 6.06. The van der Waals surface area contributed by atoms with Gasteiger partial charge in [0.1, 0.15) is 11.3 Å². The van der Waals surface area contributed by atoms with Crippen molar-refractivity contribution in [3.05, 3.63) is 70.1 Å². The minimum absolute atomic E-state index is 0.121. The minimum Gasteiger partial charge on any atom is -0.495 e. The quantitative estimate of drug-likeness (QED) is 0.293. The lowest BCUT2D eigenvalue weighted by atomic mass is 9.99. The molecule has 1 saturated heterocycles. The van der Waals surface area contributed by atoms with Gasteiger partial charge in [-0.15, -0.1) is 0 Å². The summed E-state index contributed by atoms with van der Waals surface area (Å²) in [7, 11) is 5.38. The second-order valence-corrected chi connectivity index (χ2v) is 11.7. The predicted octanol–water partition coefficient (Wildman–Crippen LogP) is 4.67. The summed E-state index contributed by atoms with van der Waals surface area (Å²) in [4.78, 5) is 38.2. The Hall–Kier alpha value is -4.44. The van der Waals surface area contributed by atoms with Crippen LogP contribution in [0, 0.1) is 12.8 Å². The largest absolute Gasteiger partial charge is 0.495 e. The molecule has 1 aliphatic heterocycles. The predicted molar refractivity (Wildman–Crippen MR) is 167 cm³/mol. The maximum Gasteiger partial charge on any atom is 0.293 e. The van der Waals surface area contributed by atoms with Crippen LogP contribution in [0.15, 0.2) is 53.5 Å². The summed E-state index contributed by atoms with van der Waals surface area (Å²) in [5.74, 6) is 1.49. The van der Waals surface area contributed by atoms with Gasteiger partial charge >= 0.3 is 0 Å². The topological polar surface area (TPSA) is 111 Å². The van der Waals surface area contributed by atoms with Gasteiger partial charge in [-0.1, -0.05) is 24.3 Å². The lowest BCUT2D eigenvalue weighted by molar-refractivity contribution is 0.0916. The van der Waals surface area contributed by atoms with Gasteiger partial charge in [-0.3, -0.25) is 9.59 Å². The fraction of sp³-hybridized carbons (Fsp3) is 0.394. The van der Waals surface area contributed by atoms with Crippen molar-refractivity contribution in [3.63, 3.8) is 0 Å². The van der Waals surface area contributed by atoms with Crippen LogP contribution in [-0.2, 0) is 7.05 Å². The number of fused-ring (bicyclic) bond motifs is 1. The zero-order chi connectivity index (χ0) is 30.1. The van der Waals surface area contributed by atoms with E-state index in [-0.39, 0.29) is 17.5 Å². The normalized spacial score (nSPS) is 15.8. The maximum atomic E-state index is 13.5. The average molecular weight is 583 g/mol. The second-order valence-electron chi connectivity index (χ2n) is 11.7.